The number of carbonyl (C=O) groups is 3. The van der Waals surface area contributed by atoms with Crippen molar-refractivity contribution in [3.05, 3.63) is 39.9 Å². The maximum atomic E-state index is 11.6. The van der Waals surface area contributed by atoms with Crippen LogP contribution in [0.25, 0.3) is 6.08 Å². The van der Waals surface area contributed by atoms with Gasteiger partial charge in [0.1, 0.15) is 6.54 Å². The number of nitrogens with zero attached hydrogens (tertiary/aromatic N) is 1. The third-order valence-corrected chi connectivity index (χ3v) is 3.15. The molecule has 1 fully saturated rings. The first-order valence-electron chi connectivity index (χ1n) is 5.51. The van der Waals surface area contributed by atoms with E-state index < -0.39 is 17.8 Å². The zero-order valence-corrected chi connectivity index (χ0v) is 11.5. The molecule has 1 heterocycles. The summed E-state index contributed by atoms with van der Waals surface area (Å²) in [7, 11) is 0. The van der Waals surface area contributed by atoms with Crippen LogP contribution in [0, 0.1) is 0 Å². The predicted molar refractivity (Wildman–Crippen MR) is 73.9 cm³/mol. The second-order valence-corrected chi connectivity index (χ2v) is 4.74. The van der Waals surface area contributed by atoms with Gasteiger partial charge in [-0.05, 0) is 23.8 Å². The van der Waals surface area contributed by atoms with Gasteiger partial charge in [0.05, 0.1) is 10.0 Å². The number of benzene rings is 1. The minimum atomic E-state index is -0.661. The first-order chi connectivity index (χ1) is 9.45. The quantitative estimate of drug-likeness (QED) is 0.657. The monoisotopic (exact) mass is 313 g/mol. The number of amides is 4. The molecule has 20 heavy (non-hydrogen) atoms. The lowest BCUT2D eigenvalue weighted by Crippen LogP contribution is -2.43. The number of hydrazine groups is 1. The molecule has 8 heteroatoms. The van der Waals surface area contributed by atoms with Crippen molar-refractivity contribution in [1.29, 1.82) is 0 Å². The van der Waals surface area contributed by atoms with Crippen LogP contribution in [0.15, 0.2) is 24.3 Å². The molecular formula is C12H9Cl2N3O3. The van der Waals surface area contributed by atoms with Crippen LogP contribution in [-0.4, -0.2) is 29.4 Å². The van der Waals surface area contributed by atoms with E-state index >= 15 is 0 Å². The smallest absolute Gasteiger partial charge is 0.275 e. The molecule has 4 amide bonds. The van der Waals surface area contributed by atoms with Crippen molar-refractivity contribution < 1.29 is 14.4 Å². The SMILES string of the molecule is O=C(/C=C/c1ccc(Cl)c(Cl)c1)NN1CC(=O)NC1=O. The van der Waals surface area contributed by atoms with Crippen LogP contribution in [0.1, 0.15) is 5.56 Å². The highest BCUT2D eigenvalue weighted by molar-refractivity contribution is 6.42. The number of urea groups is 1. The Morgan fingerprint density at radius 2 is 2.05 bits per heavy atom. The normalized spacial score (nSPS) is 14.8. The first-order valence-corrected chi connectivity index (χ1v) is 6.26. The predicted octanol–water partition coefficient (Wildman–Crippen LogP) is 1.59. The van der Waals surface area contributed by atoms with E-state index in [2.05, 4.69) is 5.43 Å². The summed E-state index contributed by atoms with van der Waals surface area (Å²) >= 11 is 11.6. The number of hydrogen-bond donors (Lipinski definition) is 2. The lowest BCUT2D eigenvalue weighted by atomic mass is 10.2. The molecule has 0 unspecified atom stereocenters. The molecule has 1 aromatic rings. The third-order valence-electron chi connectivity index (χ3n) is 2.41. The number of rotatable bonds is 3. The Balaban J connectivity index is 1.97. The van der Waals surface area contributed by atoms with E-state index in [0.717, 1.165) is 5.01 Å². The lowest BCUT2D eigenvalue weighted by molar-refractivity contribution is -0.121. The van der Waals surface area contributed by atoms with E-state index in [1.165, 1.54) is 12.2 Å². The molecule has 1 aliphatic heterocycles. The maximum Gasteiger partial charge on any atom is 0.343 e. The van der Waals surface area contributed by atoms with Gasteiger partial charge >= 0.3 is 6.03 Å². The van der Waals surface area contributed by atoms with Crippen LogP contribution in [0.3, 0.4) is 0 Å². The second-order valence-electron chi connectivity index (χ2n) is 3.92. The van der Waals surface area contributed by atoms with Gasteiger partial charge in [0.2, 0.25) is 5.91 Å². The Labute approximate surface area is 124 Å². The van der Waals surface area contributed by atoms with Crippen molar-refractivity contribution in [2.24, 2.45) is 0 Å². The van der Waals surface area contributed by atoms with Gasteiger partial charge in [-0.1, -0.05) is 29.3 Å². The fraction of sp³-hybridized carbons (Fsp3) is 0.0833. The highest BCUT2D eigenvalue weighted by Gasteiger charge is 2.27. The summed E-state index contributed by atoms with van der Waals surface area (Å²) in [5, 5.41) is 3.72. The highest BCUT2D eigenvalue weighted by Crippen LogP contribution is 2.23. The fourth-order valence-corrected chi connectivity index (χ4v) is 1.80. The first kappa shape index (κ1) is 14.4. The number of nitrogens with one attached hydrogen (secondary N) is 2. The standard InChI is InChI=1S/C12H9Cl2N3O3/c13-8-3-1-7(5-9(8)14)2-4-10(18)16-17-6-11(19)15-12(17)20/h1-5H,6H2,(H,16,18)(H,15,19,20)/b4-2+. The van der Waals surface area contributed by atoms with Gasteiger partial charge in [-0.3, -0.25) is 20.3 Å². The minimum Gasteiger partial charge on any atom is -0.275 e. The molecular weight excluding hydrogens is 305 g/mol. The van der Waals surface area contributed by atoms with E-state index in [9.17, 15) is 14.4 Å². The molecule has 0 aliphatic carbocycles. The summed E-state index contributed by atoms with van der Waals surface area (Å²) in [5.74, 6) is -1.01. The van der Waals surface area contributed by atoms with E-state index in [1.807, 2.05) is 5.32 Å². The average molecular weight is 314 g/mol. The Morgan fingerprint density at radius 3 is 2.65 bits per heavy atom. The molecule has 1 aliphatic rings. The van der Waals surface area contributed by atoms with E-state index in [0.29, 0.717) is 15.6 Å². The van der Waals surface area contributed by atoms with E-state index in [4.69, 9.17) is 23.2 Å². The molecule has 0 spiro atoms. The van der Waals surface area contributed by atoms with Gasteiger partial charge in [0, 0.05) is 6.08 Å². The van der Waals surface area contributed by atoms with Gasteiger partial charge in [0.15, 0.2) is 0 Å². The van der Waals surface area contributed by atoms with Crippen LogP contribution < -0.4 is 10.7 Å². The average Bonchev–Trinajstić information content (AvgIpc) is 2.69. The molecule has 0 aromatic heterocycles. The van der Waals surface area contributed by atoms with Crippen LogP contribution in [0.5, 0.6) is 0 Å². The number of imide groups is 1. The Bertz CT molecular complexity index is 616. The molecule has 104 valence electrons. The van der Waals surface area contributed by atoms with Gasteiger partial charge in [-0.15, -0.1) is 0 Å². The van der Waals surface area contributed by atoms with E-state index in [-0.39, 0.29) is 6.54 Å². The van der Waals surface area contributed by atoms with Crippen molar-refractivity contribution in [3.8, 4) is 0 Å². The summed E-state index contributed by atoms with van der Waals surface area (Å²) in [6.45, 7) is -0.203. The molecule has 2 rings (SSSR count). The third kappa shape index (κ3) is 3.49. The largest absolute Gasteiger partial charge is 0.343 e. The summed E-state index contributed by atoms with van der Waals surface area (Å²) in [4.78, 5) is 33.7. The molecule has 0 saturated carbocycles. The minimum absolute atomic E-state index is 0.203. The Kier molecular flexibility index (Phi) is 4.26. The number of halogens is 2. The van der Waals surface area contributed by atoms with Crippen LogP contribution >= 0.6 is 23.2 Å². The maximum absolute atomic E-state index is 11.6. The zero-order valence-electron chi connectivity index (χ0n) is 10.0. The molecule has 0 bridgehead atoms. The summed E-state index contributed by atoms with van der Waals surface area (Å²) in [6, 6.07) is 4.23. The zero-order chi connectivity index (χ0) is 14.7. The highest BCUT2D eigenvalue weighted by atomic mass is 35.5. The topological polar surface area (TPSA) is 78.5 Å². The molecule has 2 N–H and O–H groups in total. The molecule has 1 aromatic carbocycles. The van der Waals surface area contributed by atoms with Crippen molar-refractivity contribution in [2.45, 2.75) is 0 Å². The second kappa shape index (κ2) is 5.94. The molecule has 0 radical (unpaired) electrons. The van der Waals surface area contributed by atoms with Gasteiger partial charge in [0.25, 0.3) is 5.91 Å². The van der Waals surface area contributed by atoms with Crippen molar-refractivity contribution in [2.75, 3.05) is 6.54 Å². The van der Waals surface area contributed by atoms with Crippen LogP contribution in [0.4, 0.5) is 4.79 Å². The molecule has 1 saturated heterocycles. The lowest BCUT2D eigenvalue weighted by Gasteiger charge is -2.12. The van der Waals surface area contributed by atoms with Crippen LogP contribution in [0.2, 0.25) is 10.0 Å². The number of carbonyl (C=O) groups excluding carboxylic acids is 3. The van der Waals surface area contributed by atoms with Crippen molar-refractivity contribution >= 4 is 47.1 Å². The van der Waals surface area contributed by atoms with E-state index in [1.54, 1.807) is 18.2 Å². The van der Waals surface area contributed by atoms with Crippen molar-refractivity contribution in [1.82, 2.24) is 15.8 Å². The summed E-state index contributed by atoms with van der Waals surface area (Å²) < 4.78 is 0. The Morgan fingerprint density at radius 1 is 1.30 bits per heavy atom. The van der Waals surface area contributed by atoms with Gasteiger partial charge < -0.3 is 0 Å². The summed E-state index contributed by atoms with van der Waals surface area (Å²) in [5.41, 5.74) is 2.95. The number of hydrogen-bond acceptors (Lipinski definition) is 3. The van der Waals surface area contributed by atoms with Crippen LogP contribution in [-0.2, 0) is 9.59 Å². The summed E-state index contributed by atoms with van der Waals surface area (Å²) in [6.07, 6.45) is 2.73. The molecule has 6 nitrogen and oxygen atoms in total. The molecule has 0 atom stereocenters. The van der Waals surface area contributed by atoms with Crippen molar-refractivity contribution in [3.63, 3.8) is 0 Å². The fourth-order valence-electron chi connectivity index (χ4n) is 1.49. The van der Waals surface area contributed by atoms with Gasteiger partial charge in [-0.2, -0.15) is 0 Å². The van der Waals surface area contributed by atoms with Gasteiger partial charge in [-0.25, -0.2) is 9.80 Å². The Hall–Kier alpha value is -2.05.